The van der Waals surface area contributed by atoms with Crippen LogP contribution >= 0.6 is 0 Å². The number of hydrogen-bond donors (Lipinski definition) is 1. The van der Waals surface area contributed by atoms with E-state index in [1.807, 2.05) is 43.1 Å². The van der Waals surface area contributed by atoms with Crippen LogP contribution in [0.3, 0.4) is 0 Å². The van der Waals surface area contributed by atoms with Gasteiger partial charge in [0.15, 0.2) is 0 Å². The normalized spacial score (nSPS) is 10.9. The fourth-order valence-electron chi connectivity index (χ4n) is 2.53. The Morgan fingerprint density at radius 1 is 1.29 bits per heavy atom. The SMILES string of the molecule is CCN(CC(C)C)C(=O)c1cnc(NC)c2ccccc12. The van der Waals surface area contributed by atoms with Gasteiger partial charge >= 0.3 is 0 Å². The van der Waals surface area contributed by atoms with Crippen molar-refractivity contribution in [2.45, 2.75) is 20.8 Å². The third kappa shape index (κ3) is 3.15. The monoisotopic (exact) mass is 285 g/mol. The van der Waals surface area contributed by atoms with Gasteiger partial charge in [-0.2, -0.15) is 0 Å². The first-order valence-corrected chi connectivity index (χ1v) is 7.43. The zero-order chi connectivity index (χ0) is 15.4. The molecule has 0 fully saturated rings. The smallest absolute Gasteiger partial charge is 0.256 e. The molecule has 0 bridgehead atoms. The van der Waals surface area contributed by atoms with Crippen molar-refractivity contribution >= 4 is 22.5 Å². The zero-order valence-electron chi connectivity index (χ0n) is 13.2. The summed E-state index contributed by atoms with van der Waals surface area (Å²) in [6.45, 7) is 7.72. The van der Waals surface area contributed by atoms with Gasteiger partial charge in [0.25, 0.3) is 5.91 Å². The Kier molecular flexibility index (Phi) is 4.78. The lowest BCUT2D eigenvalue weighted by atomic mass is 10.1. The first-order valence-electron chi connectivity index (χ1n) is 7.43. The quantitative estimate of drug-likeness (QED) is 0.916. The van der Waals surface area contributed by atoms with Crippen molar-refractivity contribution in [2.75, 3.05) is 25.5 Å². The minimum absolute atomic E-state index is 0.0533. The lowest BCUT2D eigenvalue weighted by Gasteiger charge is -2.23. The molecular formula is C17H23N3O. The number of pyridine rings is 1. The largest absolute Gasteiger partial charge is 0.373 e. The van der Waals surface area contributed by atoms with Gasteiger partial charge in [-0.25, -0.2) is 4.98 Å². The van der Waals surface area contributed by atoms with Crippen LogP contribution < -0.4 is 5.32 Å². The Bertz CT molecular complexity index is 637. The Labute approximate surface area is 126 Å². The molecule has 0 aliphatic rings. The molecule has 2 aromatic rings. The van der Waals surface area contributed by atoms with Gasteiger partial charge in [-0.3, -0.25) is 4.79 Å². The van der Waals surface area contributed by atoms with Crippen molar-refractivity contribution in [3.05, 3.63) is 36.0 Å². The zero-order valence-corrected chi connectivity index (χ0v) is 13.2. The van der Waals surface area contributed by atoms with Gasteiger partial charge < -0.3 is 10.2 Å². The number of rotatable bonds is 5. The fourth-order valence-corrected chi connectivity index (χ4v) is 2.53. The molecule has 1 heterocycles. The summed E-state index contributed by atoms with van der Waals surface area (Å²) in [5.74, 6) is 1.30. The molecule has 1 aromatic carbocycles. The average Bonchev–Trinajstić information content (AvgIpc) is 2.50. The summed E-state index contributed by atoms with van der Waals surface area (Å²) in [6, 6.07) is 7.89. The number of amides is 1. The first kappa shape index (κ1) is 15.3. The van der Waals surface area contributed by atoms with E-state index in [0.29, 0.717) is 18.0 Å². The summed E-state index contributed by atoms with van der Waals surface area (Å²) >= 11 is 0. The van der Waals surface area contributed by atoms with Gasteiger partial charge in [-0.05, 0) is 18.2 Å². The third-order valence-corrected chi connectivity index (χ3v) is 3.52. The van der Waals surface area contributed by atoms with Crippen LogP contribution in [0.2, 0.25) is 0 Å². The second-order valence-electron chi connectivity index (χ2n) is 5.55. The van der Waals surface area contributed by atoms with Gasteiger partial charge in [-0.1, -0.05) is 38.1 Å². The number of benzene rings is 1. The molecule has 0 spiro atoms. The molecule has 0 radical (unpaired) electrons. The minimum atomic E-state index is 0.0533. The predicted octanol–water partition coefficient (Wildman–Crippen LogP) is 3.39. The number of fused-ring (bicyclic) bond motifs is 1. The fraction of sp³-hybridized carbons (Fsp3) is 0.412. The van der Waals surface area contributed by atoms with Crippen molar-refractivity contribution in [3.8, 4) is 0 Å². The van der Waals surface area contributed by atoms with E-state index in [1.165, 1.54) is 0 Å². The molecule has 0 aliphatic carbocycles. The maximum Gasteiger partial charge on any atom is 0.256 e. The molecule has 0 aliphatic heterocycles. The van der Waals surface area contributed by atoms with Gasteiger partial charge in [0.1, 0.15) is 5.82 Å². The maximum atomic E-state index is 12.8. The molecule has 0 saturated carbocycles. The molecule has 21 heavy (non-hydrogen) atoms. The predicted molar refractivity (Wildman–Crippen MR) is 87.7 cm³/mol. The van der Waals surface area contributed by atoms with E-state index in [4.69, 9.17) is 0 Å². The van der Waals surface area contributed by atoms with Crippen molar-refractivity contribution in [1.82, 2.24) is 9.88 Å². The molecule has 0 unspecified atom stereocenters. The molecule has 4 heteroatoms. The molecule has 4 nitrogen and oxygen atoms in total. The Morgan fingerprint density at radius 3 is 2.52 bits per heavy atom. The molecule has 0 atom stereocenters. The van der Waals surface area contributed by atoms with E-state index in [1.54, 1.807) is 6.20 Å². The summed E-state index contributed by atoms with van der Waals surface area (Å²) in [6.07, 6.45) is 1.68. The van der Waals surface area contributed by atoms with E-state index in [-0.39, 0.29) is 5.91 Å². The minimum Gasteiger partial charge on any atom is -0.373 e. The van der Waals surface area contributed by atoms with Crippen LogP contribution in [0.15, 0.2) is 30.5 Å². The van der Waals surface area contributed by atoms with E-state index in [0.717, 1.165) is 23.1 Å². The van der Waals surface area contributed by atoms with Crippen molar-refractivity contribution < 1.29 is 4.79 Å². The molecule has 112 valence electrons. The van der Waals surface area contributed by atoms with E-state index >= 15 is 0 Å². The Morgan fingerprint density at radius 2 is 1.95 bits per heavy atom. The molecule has 1 amide bonds. The number of nitrogens with one attached hydrogen (secondary N) is 1. The highest BCUT2D eigenvalue weighted by Crippen LogP contribution is 2.25. The van der Waals surface area contributed by atoms with Crippen molar-refractivity contribution in [1.29, 1.82) is 0 Å². The lowest BCUT2D eigenvalue weighted by Crippen LogP contribution is -2.34. The molecule has 1 aromatic heterocycles. The summed E-state index contributed by atoms with van der Waals surface area (Å²) in [4.78, 5) is 19.1. The van der Waals surface area contributed by atoms with E-state index in [9.17, 15) is 4.79 Å². The number of nitrogens with zero attached hydrogens (tertiary/aromatic N) is 2. The summed E-state index contributed by atoms with van der Waals surface area (Å²) in [5.41, 5.74) is 0.673. The van der Waals surface area contributed by atoms with Crippen LogP contribution in [0.4, 0.5) is 5.82 Å². The topological polar surface area (TPSA) is 45.2 Å². The van der Waals surface area contributed by atoms with Crippen molar-refractivity contribution in [2.24, 2.45) is 5.92 Å². The third-order valence-electron chi connectivity index (χ3n) is 3.52. The summed E-state index contributed by atoms with van der Waals surface area (Å²) in [5, 5.41) is 5.00. The molecular weight excluding hydrogens is 262 g/mol. The second kappa shape index (κ2) is 6.57. The molecule has 2 rings (SSSR count). The highest BCUT2D eigenvalue weighted by Gasteiger charge is 2.19. The Balaban J connectivity index is 2.49. The Hall–Kier alpha value is -2.10. The van der Waals surface area contributed by atoms with Gasteiger partial charge in [0.05, 0.1) is 5.56 Å². The second-order valence-corrected chi connectivity index (χ2v) is 5.55. The van der Waals surface area contributed by atoms with Crippen LogP contribution in [0.1, 0.15) is 31.1 Å². The maximum absolute atomic E-state index is 12.8. The first-order chi connectivity index (χ1) is 10.1. The number of carbonyl (C=O) groups excluding carboxylic acids is 1. The van der Waals surface area contributed by atoms with E-state index in [2.05, 4.69) is 24.1 Å². The van der Waals surface area contributed by atoms with Crippen LogP contribution in [0.25, 0.3) is 10.8 Å². The average molecular weight is 285 g/mol. The van der Waals surface area contributed by atoms with Crippen molar-refractivity contribution in [3.63, 3.8) is 0 Å². The van der Waals surface area contributed by atoms with E-state index < -0.39 is 0 Å². The van der Waals surface area contributed by atoms with Gasteiger partial charge in [0, 0.05) is 31.7 Å². The molecule has 0 saturated heterocycles. The van der Waals surface area contributed by atoms with Crippen LogP contribution in [0.5, 0.6) is 0 Å². The highest BCUT2D eigenvalue weighted by molar-refractivity contribution is 6.09. The number of carbonyl (C=O) groups is 1. The van der Waals surface area contributed by atoms with Crippen LogP contribution in [0, 0.1) is 5.92 Å². The van der Waals surface area contributed by atoms with Crippen LogP contribution in [-0.2, 0) is 0 Å². The summed E-state index contributed by atoms with van der Waals surface area (Å²) in [7, 11) is 1.84. The van der Waals surface area contributed by atoms with Gasteiger partial charge in [-0.15, -0.1) is 0 Å². The standard InChI is InChI=1S/C17H23N3O/c1-5-20(11-12(2)3)17(21)15-10-19-16(18-4)14-9-7-6-8-13(14)15/h6-10,12H,5,11H2,1-4H3,(H,18,19). The number of anilines is 1. The van der Waals surface area contributed by atoms with Crippen LogP contribution in [-0.4, -0.2) is 35.9 Å². The number of aromatic nitrogens is 1. The highest BCUT2D eigenvalue weighted by atomic mass is 16.2. The number of hydrogen-bond acceptors (Lipinski definition) is 3. The summed E-state index contributed by atoms with van der Waals surface area (Å²) < 4.78 is 0. The van der Waals surface area contributed by atoms with Gasteiger partial charge in [0.2, 0.25) is 0 Å². The molecule has 1 N–H and O–H groups in total. The lowest BCUT2D eigenvalue weighted by molar-refractivity contribution is 0.0747.